The number of ether oxygens (including phenoxy) is 2. The van der Waals surface area contributed by atoms with Gasteiger partial charge in [0.2, 0.25) is 5.95 Å². The van der Waals surface area contributed by atoms with Crippen LogP contribution in [0.2, 0.25) is 0 Å². The van der Waals surface area contributed by atoms with Crippen LogP contribution in [-0.4, -0.2) is 71.5 Å². The van der Waals surface area contributed by atoms with Crippen LogP contribution in [-0.2, 0) is 15.9 Å². The highest BCUT2D eigenvalue weighted by atomic mass is 19.3. The number of nitrogen functional groups attached to an aromatic ring is 1. The summed E-state index contributed by atoms with van der Waals surface area (Å²) in [6.07, 6.45) is -0.775. The van der Waals surface area contributed by atoms with Crippen LogP contribution in [0, 0.1) is 0 Å². The van der Waals surface area contributed by atoms with Crippen LogP contribution in [0.15, 0.2) is 6.20 Å². The molecule has 11 heteroatoms. The number of fused-ring (bicyclic) bond motifs is 3. The van der Waals surface area contributed by atoms with Crippen LogP contribution in [0.25, 0.3) is 11.4 Å². The van der Waals surface area contributed by atoms with Gasteiger partial charge in [-0.2, -0.15) is 0 Å². The van der Waals surface area contributed by atoms with E-state index in [1.165, 1.54) is 6.20 Å². The maximum Gasteiger partial charge on any atom is 0.281 e. The molecule has 2 fully saturated rings. The molecule has 9 nitrogen and oxygen atoms in total. The molecular formula is C19H23F2N7O2. The Balaban J connectivity index is 1.68. The number of rotatable bonds is 3. The predicted molar refractivity (Wildman–Crippen MR) is 106 cm³/mol. The predicted octanol–water partition coefficient (Wildman–Crippen LogP) is 1.44. The molecule has 30 heavy (non-hydrogen) atoms. The van der Waals surface area contributed by atoms with Crippen LogP contribution >= 0.6 is 0 Å². The number of aromatic nitrogens is 4. The Labute approximate surface area is 172 Å². The number of hydrogen-bond donors (Lipinski definition) is 1. The Bertz CT molecular complexity index is 961. The molecule has 0 bridgehead atoms. The van der Waals surface area contributed by atoms with Gasteiger partial charge in [-0.25, -0.2) is 28.7 Å². The molecule has 0 aromatic carbocycles. The van der Waals surface area contributed by atoms with Crippen molar-refractivity contribution in [3.05, 3.63) is 17.5 Å². The zero-order valence-electron chi connectivity index (χ0n) is 16.6. The minimum Gasteiger partial charge on any atom is -0.377 e. The Morgan fingerprint density at radius 1 is 1.07 bits per heavy atom. The standard InChI is InChI=1S/C19H23F2N7O2/c1-10-8-29-4-2-27(10)17-12-6-11-9-30-5-3-28(11)18(12)26-16(25-17)13-7-23-19(22)24-14(13)15(20)21/h7,10-11,15H,2-6,8-9H2,1H3,(H2,22,23,24)/t10-,11-/m1/s1. The van der Waals surface area contributed by atoms with E-state index < -0.39 is 12.1 Å². The molecule has 0 radical (unpaired) electrons. The van der Waals surface area contributed by atoms with Gasteiger partial charge in [-0.05, 0) is 6.92 Å². The summed E-state index contributed by atoms with van der Waals surface area (Å²) in [5, 5.41) is 0. The number of hydrogen-bond acceptors (Lipinski definition) is 9. The molecule has 0 saturated carbocycles. The van der Waals surface area contributed by atoms with Crippen molar-refractivity contribution < 1.29 is 18.3 Å². The molecule has 2 atom stereocenters. The van der Waals surface area contributed by atoms with Crippen LogP contribution in [0.3, 0.4) is 0 Å². The Hall–Kier alpha value is -2.66. The summed E-state index contributed by atoms with van der Waals surface area (Å²) in [6.45, 7) is 5.81. The Morgan fingerprint density at radius 2 is 1.77 bits per heavy atom. The lowest BCUT2D eigenvalue weighted by Crippen LogP contribution is -2.44. The van der Waals surface area contributed by atoms with Crippen molar-refractivity contribution in [1.82, 2.24) is 19.9 Å². The third-order valence-corrected chi connectivity index (χ3v) is 5.83. The maximum atomic E-state index is 13.7. The van der Waals surface area contributed by atoms with Crippen molar-refractivity contribution in [3.63, 3.8) is 0 Å². The third-order valence-electron chi connectivity index (χ3n) is 5.83. The first-order chi connectivity index (χ1) is 14.5. The van der Waals surface area contributed by atoms with Gasteiger partial charge in [0.1, 0.15) is 17.3 Å². The SMILES string of the molecule is C[C@@H]1COCCN1c1nc(-c2cnc(N)nc2C(F)F)nc2c1C[C@@H]1COCCN21. The highest BCUT2D eigenvalue weighted by Crippen LogP contribution is 2.40. The summed E-state index contributed by atoms with van der Waals surface area (Å²) in [6, 6.07) is 0.280. The summed E-state index contributed by atoms with van der Waals surface area (Å²) in [7, 11) is 0. The molecule has 160 valence electrons. The summed E-state index contributed by atoms with van der Waals surface area (Å²) in [5.74, 6) is 1.52. The number of nitrogens with zero attached hydrogens (tertiary/aromatic N) is 6. The second-order valence-electron chi connectivity index (χ2n) is 7.74. The lowest BCUT2D eigenvalue weighted by molar-refractivity contribution is 0.0967. The van der Waals surface area contributed by atoms with Gasteiger partial charge in [0.25, 0.3) is 6.43 Å². The van der Waals surface area contributed by atoms with Crippen molar-refractivity contribution in [1.29, 1.82) is 0 Å². The summed E-state index contributed by atoms with van der Waals surface area (Å²) in [5.41, 5.74) is 6.21. The minimum absolute atomic E-state index is 0.0980. The number of anilines is 3. The van der Waals surface area contributed by atoms with Gasteiger partial charge in [-0.1, -0.05) is 0 Å². The number of nitrogens with two attached hydrogens (primary N) is 1. The molecule has 5 rings (SSSR count). The molecular weight excluding hydrogens is 396 g/mol. The first-order valence-corrected chi connectivity index (χ1v) is 10.0. The third kappa shape index (κ3) is 3.21. The molecule has 2 aromatic heterocycles. The van der Waals surface area contributed by atoms with E-state index in [0.717, 1.165) is 23.6 Å². The first-order valence-electron chi connectivity index (χ1n) is 10.0. The zero-order valence-corrected chi connectivity index (χ0v) is 16.6. The highest BCUT2D eigenvalue weighted by Gasteiger charge is 2.38. The molecule has 0 unspecified atom stereocenters. The van der Waals surface area contributed by atoms with Crippen LogP contribution in [0.1, 0.15) is 24.6 Å². The van der Waals surface area contributed by atoms with E-state index in [1.54, 1.807) is 0 Å². The summed E-state index contributed by atoms with van der Waals surface area (Å²) in [4.78, 5) is 21.5. The lowest BCUT2D eigenvalue weighted by atomic mass is 10.1. The van der Waals surface area contributed by atoms with E-state index in [9.17, 15) is 8.78 Å². The van der Waals surface area contributed by atoms with Gasteiger partial charge >= 0.3 is 0 Å². The van der Waals surface area contributed by atoms with Crippen molar-refractivity contribution in [2.45, 2.75) is 31.9 Å². The minimum atomic E-state index is -2.82. The molecule has 3 aliphatic rings. The van der Waals surface area contributed by atoms with Crippen molar-refractivity contribution >= 4 is 17.6 Å². The van der Waals surface area contributed by atoms with E-state index in [2.05, 4.69) is 26.7 Å². The zero-order chi connectivity index (χ0) is 20.8. The highest BCUT2D eigenvalue weighted by molar-refractivity contribution is 5.71. The fourth-order valence-corrected chi connectivity index (χ4v) is 4.37. The fourth-order valence-electron chi connectivity index (χ4n) is 4.37. The molecule has 5 heterocycles. The fraction of sp³-hybridized carbons (Fsp3) is 0.579. The van der Waals surface area contributed by atoms with E-state index in [1.807, 2.05) is 0 Å². The quantitative estimate of drug-likeness (QED) is 0.792. The van der Waals surface area contributed by atoms with Crippen LogP contribution in [0.4, 0.5) is 26.4 Å². The van der Waals surface area contributed by atoms with Crippen LogP contribution in [0.5, 0.6) is 0 Å². The van der Waals surface area contributed by atoms with Crippen molar-refractivity contribution in [2.75, 3.05) is 55.1 Å². The largest absolute Gasteiger partial charge is 0.377 e. The number of morpholine rings is 2. The van der Waals surface area contributed by atoms with Gasteiger partial charge in [0.15, 0.2) is 5.82 Å². The average molecular weight is 419 g/mol. The van der Waals surface area contributed by atoms with E-state index in [0.29, 0.717) is 39.5 Å². The van der Waals surface area contributed by atoms with E-state index in [4.69, 9.17) is 25.2 Å². The second kappa shape index (κ2) is 7.55. The van der Waals surface area contributed by atoms with Gasteiger partial charge in [0.05, 0.1) is 44.1 Å². The molecule has 0 spiro atoms. The molecule has 2 N–H and O–H groups in total. The van der Waals surface area contributed by atoms with E-state index in [-0.39, 0.29) is 29.4 Å². The van der Waals surface area contributed by atoms with Crippen molar-refractivity contribution in [2.24, 2.45) is 0 Å². The molecule has 2 aromatic rings. The van der Waals surface area contributed by atoms with Gasteiger partial charge < -0.3 is 25.0 Å². The second-order valence-corrected chi connectivity index (χ2v) is 7.74. The molecule has 0 aliphatic carbocycles. The molecule has 0 amide bonds. The van der Waals surface area contributed by atoms with Crippen LogP contribution < -0.4 is 15.5 Å². The summed E-state index contributed by atoms with van der Waals surface area (Å²) >= 11 is 0. The average Bonchev–Trinajstić information content (AvgIpc) is 3.12. The topological polar surface area (TPSA) is 103 Å². The smallest absolute Gasteiger partial charge is 0.281 e. The van der Waals surface area contributed by atoms with Gasteiger partial charge in [-0.15, -0.1) is 0 Å². The maximum absolute atomic E-state index is 13.7. The Kier molecular flexibility index (Phi) is 4.86. The number of halogens is 2. The van der Waals surface area contributed by atoms with E-state index >= 15 is 0 Å². The van der Waals surface area contributed by atoms with Gasteiger partial charge in [0, 0.05) is 31.3 Å². The monoisotopic (exact) mass is 419 g/mol. The first kappa shape index (κ1) is 19.3. The normalized spacial score (nSPS) is 23.6. The molecule has 3 aliphatic heterocycles. The molecule has 2 saturated heterocycles. The Morgan fingerprint density at radius 3 is 2.50 bits per heavy atom. The lowest BCUT2D eigenvalue weighted by Gasteiger charge is -2.35. The summed E-state index contributed by atoms with van der Waals surface area (Å²) < 4.78 is 38.6. The van der Waals surface area contributed by atoms with Gasteiger partial charge in [-0.3, -0.25) is 0 Å². The number of alkyl halides is 2. The van der Waals surface area contributed by atoms with Crippen molar-refractivity contribution in [3.8, 4) is 11.4 Å².